The van der Waals surface area contributed by atoms with Crippen LogP contribution in [0.25, 0.3) is 44.4 Å². The zero-order valence-electron chi connectivity index (χ0n) is 23.9. The van der Waals surface area contributed by atoms with E-state index in [-0.39, 0.29) is 25.2 Å². The molecule has 0 amide bonds. The van der Waals surface area contributed by atoms with Gasteiger partial charge >= 0.3 is 19.5 Å². The molecule has 0 aliphatic rings. The quantitative estimate of drug-likeness (QED) is 0.0874. The van der Waals surface area contributed by atoms with E-state index in [1.54, 1.807) is 24.8 Å². The summed E-state index contributed by atoms with van der Waals surface area (Å²) in [5.41, 5.74) is 8.08. The molecule has 0 aliphatic carbocycles. The summed E-state index contributed by atoms with van der Waals surface area (Å²) in [6.07, 6.45) is 11.2. The molecule has 0 aliphatic heterocycles. The van der Waals surface area contributed by atoms with Crippen molar-refractivity contribution < 1.29 is 19.5 Å². The van der Waals surface area contributed by atoms with Crippen LogP contribution in [0.4, 0.5) is 0 Å². The molecule has 218 valence electrons. The van der Waals surface area contributed by atoms with Crippen LogP contribution >= 0.6 is 0 Å². The Kier molecular flexibility index (Phi) is 16.1. The van der Waals surface area contributed by atoms with E-state index in [1.165, 1.54) is 29.0 Å². The van der Waals surface area contributed by atoms with Crippen LogP contribution in [0.2, 0.25) is 0 Å². The van der Waals surface area contributed by atoms with Crippen LogP contribution in [0.5, 0.6) is 0 Å². The number of amidine groups is 1. The third kappa shape index (κ3) is 12.6. The number of nitrogens with two attached hydrogens (primary N) is 1. The summed E-state index contributed by atoms with van der Waals surface area (Å²) >= 11 is 0. The molecular formula is C36H31N7Ru. The van der Waals surface area contributed by atoms with Crippen molar-refractivity contribution in [3.8, 4) is 22.8 Å². The van der Waals surface area contributed by atoms with Gasteiger partial charge in [-0.1, -0.05) is 103 Å². The number of allylic oxidation sites excluding steroid dienone is 2. The maximum atomic E-state index is 8.63. The summed E-state index contributed by atoms with van der Waals surface area (Å²) < 4.78 is 0. The van der Waals surface area contributed by atoms with Gasteiger partial charge in [-0.25, -0.2) is 0 Å². The van der Waals surface area contributed by atoms with Crippen LogP contribution in [0.3, 0.4) is 0 Å². The molecule has 7 nitrogen and oxygen atoms in total. The maximum Gasteiger partial charge on any atom is 2.00 e. The molecule has 0 fully saturated rings. The van der Waals surface area contributed by atoms with E-state index in [4.69, 9.17) is 16.6 Å². The van der Waals surface area contributed by atoms with Crippen molar-refractivity contribution in [2.24, 2.45) is 5.73 Å². The van der Waals surface area contributed by atoms with E-state index < -0.39 is 5.84 Å². The van der Waals surface area contributed by atoms with Crippen LogP contribution in [0.15, 0.2) is 171 Å². The number of benzene rings is 2. The first-order valence-electron chi connectivity index (χ1n) is 13.3. The van der Waals surface area contributed by atoms with E-state index in [0.717, 1.165) is 22.8 Å². The van der Waals surface area contributed by atoms with Gasteiger partial charge in [-0.3, -0.25) is 19.9 Å². The van der Waals surface area contributed by atoms with E-state index in [0.29, 0.717) is 0 Å². The summed E-state index contributed by atoms with van der Waals surface area (Å²) in [6.45, 7) is 3.35. The molecule has 0 spiro atoms. The normalized spacial score (nSPS) is 9.45. The van der Waals surface area contributed by atoms with Crippen molar-refractivity contribution in [2.75, 3.05) is 0 Å². The van der Waals surface area contributed by atoms with E-state index >= 15 is 0 Å². The standard InChI is InChI=1S/2C10H8N2.C10H8.C6H7N3.Ru/c2*1-3-7-11-9(5-1)10-6-2-4-8-12-10;1-2-6-10-8-4-3-7-9(10)5-1;1-2-3-4-5(7)6(8)9;/h2*1-8H;1-8H;2-4H,1H2,(H2-,8,9);/q;;;-2;+2/b;;;4-3-;. The smallest absolute Gasteiger partial charge is 0.804 e. The first kappa shape index (κ1) is 34.7. The first-order valence-corrected chi connectivity index (χ1v) is 13.3. The summed E-state index contributed by atoms with van der Waals surface area (Å²) in [6, 6.07) is 39.9. The molecule has 2 N–H and O–H groups in total. The predicted molar refractivity (Wildman–Crippen MR) is 179 cm³/mol. The largest absolute Gasteiger partial charge is 2.00 e. The minimum absolute atomic E-state index is 0. The number of aromatic nitrogens is 4. The third-order valence-electron chi connectivity index (χ3n) is 5.50. The Bertz CT molecular complexity index is 1500. The van der Waals surface area contributed by atoms with Crippen molar-refractivity contribution >= 4 is 22.3 Å². The Balaban J connectivity index is 0.000000205. The van der Waals surface area contributed by atoms with Gasteiger partial charge in [-0.05, 0) is 59.3 Å². The van der Waals surface area contributed by atoms with Crippen molar-refractivity contribution in [3.05, 3.63) is 182 Å². The SMILES string of the molecule is C=C/C=C\C(=[N-])C(=[N-])N.[Ru+2].c1ccc(-c2ccccn2)nc1.c1ccc(-c2ccccn2)nc1.c1ccc2ccccc2c1. The Labute approximate surface area is 271 Å². The van der Waals surface area contributed by atoms with Crippen LogP contribution in [0, 0.1) is 0 Å². The average Bonchev–Trinajstić information content (AvgIpc) is 3.09. The van der Waals surface area contributed by atoms with Gasteiger partial charge in [0, 0.05) is 24.8 Å². The zero-order valence-corrected chi connectivity index (χ0v) is 25.6. The van der Waals surface area contributed by atoms with Crippen LogP contribution in [-0.4, -0.2) is 31.5 Å². The van der Waals surface area contributed by atoms with Gasteiger partial charge in [-0.15, -0.1) is 0 Å². The first-order chi connectivity index (χ1) is 21.1. The fourth-order valence-corrected chi connectivity index (χ4v) is 3.43. The van der Waals surface area contributed by atoms with Gasteiger partial charge in [0.15, 0.2) is 0 Å². The molecule has 0 unspecified atom stereocenters. The number of rotatable bonds is 5. The van der Waals surface area contributed by atoms with Gasteiger partial charge in [0.2, 0.25) is 0 Å². The van der Waals surface area contributed by atoms with Crippen molar-refractivity contribution in [1.82, 2.24) is 19.9 Å². The second kappa shape index (κ2) is 20.4. The van der Waals surface area contributed by atoms with E-state index in [9.17, 15) is 0 Å². The van der Waals surface area contributed by atoms with Crippen LogP contribution in [-0.2, 0) is 19.5 Å². The van der Waals surface area contributed by atoms with Gasteiger partial charge in [-0.2, -0.15) is 5.71 Å². The van der Waals surface area contributed by atoms with Crippen molar-refractivity contribution in [3.63, 3.8) is 0 Å². The second-order valence-electron chi connectivity index (χ2n) is 8.57. The fourth-order valence-electron chi connectivity index (χ4n) is 3.43. The third-order valence-corrected chi connectivity index (χ3v) is 5.50. The number of hydrogen-bond acceptors (Lipinski definition) is 4. The Hall–Kier alpha value is -5.46. The molecule has 6 aromatic rings. The molecule has 4 heterocycles. The van der Waals surface area contributed by atoms with Gasteiger partial charge in [0.25, 0.3) is 0 Å². The summed E-state index contributed by atoms with van der Waals surface area (Å²) in [7, 11) is 0. The van der Waals surface area contributed by atoms with Gasteiger partial charge in [0.05, 0.1) is 22.8 Å². The van der Waals surface area contributed by atoms with E-state index in [1.807, 2.05) is 72.8 Å². The van der Waals surface area contributed by atoms with Gasteiger partial charge in [0.1, 0.15) is 0 Å². The minimum atomic E-state index is -0.590. The number of pyridine rings is 4. The average molecular weight is 663 g/mol. The fraction of sp³-hybridized carbons (Fsp3) is 0. The second-order valence-corrected chi connectivity index (χ2v) is 8.57. The minimum Gasteiger partial charge on any atom is -0.804 e. The molecule has 0 radical (unpaired) electrons. The molecule has 0 bridgehead atoms. The summed E-state index contributed by atoms with van der Waals surface area (Å²) in [5.74, 6) is -0.590. The topological polar surface area (TPSA) is 122 Å². The molecule has 4 aromatic heterocycles. The number of nitrogens with zero attached hydrogens (tertiary/aromatic N) is 6. The summed E-state index contributed by atoms with van der Waals surface area (Å²) in [5, 5.41) is 19.6. The predicted octanol–water partition coefficient (Wildman–Crippen LogP) is 7.79. The number of hydrogen-bond donors (Lipinski definition) is 1. The monoisotopic (exact) mass is 663 g/mol. The Morgan fingerprint density at radius 1 is 0.523 bits per heavy atom. The molecule has 0 saturated heterocycles. The molecule has 2 aromatic carbocycles. The molecule has 0 atom stereocenters. The molecule has 6 rings (SSSR count). The molecule has 8 heteroatoms. The zero-order chi connectivity index (χ0) is 30.5. The maximum absolute atomic E-state index is 8.63. The molecule has 0 saturated carbocycles. The molecule has 44 heavy (non-hydrogen) atoms. The van der Waals surface area contributed by atoms with E-state index in [2.05, 4.69) is 75.0 Å². The Morgan fingerprint density at radius 3 is 1.05 bits per heavy atom. The van der Waals surface area contributed by atoms with Crippen molar-refractivity contribution in [2.45, 2.75) is 0 Å². The number of fused-ring (bicyclic) bond motifs is 1. The van der Waals surface area contributed by atoms with Crippen LogP contribution < -0.4 is 5.73 Å². The Morgan fingerprint density at radius 2 is 0.818 bits per heavy atom. The van der Waals surface area contributed by atoms with Crippen LogP contribution in [0.1, 0.15) is 0 Å². The summed E-state index contributed by atoms with van der Waals surface area (Å²) in [4.78, 5) is 16.7. The van der Waals surface area contributed by atoms with Crippen molar-refractivity contribution in [1.29, 1.82) is 0 Å². The molecular weight excluding hydrogens is 632 g/mol. The van der Waals surface area contributed by atoms with Gasteiger partial charge < -0.3 is 16.6 Å².